The number of hydrogen-bond acceptors (Lipinski definition) is 1. The molecule has 3 aliphatic rings. The fourth-order valence-corrected chi connectivity index (χ4v) is 4.99. The van der Waals surface area contributed by atoms with Gasteiger partial charge in [0.25, 0.3) is 0 Å². The molecule has 1 fully saturated rings. The first kappa shape index (κ1) is 20.4. The smallest absolute Gasteiger partial charge is 0.310 e. The molecule has 0 radical (unpaired) electrons. The molecule has 6 heteroatoms. The number of nitrogens with one attached hydrogen (secondary N) is 1. The van der Waals surface area contributed by atoms with Crippen LogP contribution >= 0.6 is 11.6 Å². The average molecular weight is 418 g/mol. The van der Waals surface area contributed by atoms with Crippen LogP contribution in [0.25, 0.3) is 5.70 Å². The van der Waals surface area contributed by atoms with E-state index < -0.39 is 0 Å². The molecule has 29 heavy (non-hydrogen) atoms. The van der Waals surface area contributed by atoms with Gasteiger partial charge >= 0.3 is 5.96 Å². The first-order valence-electron chi connectivity index (χ1n) is 10.7. The highest BCUT2D eigenvalue weighted by Gasteiger charge is 2.41. The summed E-state index contributed by atoms with van der Waals surface area (Å²) in [7, 11) is 1.98. The number of anilines is 1. The van der Waals surface area contributed by atoms with Crippen molar-refractivity contribution in [3.63, 3.8) is 0 Å². The summed E-state index contributed by atoms with van der Waals surface area (Å²) in [6.07, 6.45) is 6.53. The molecule has 156 valence electrons. The average Bonchev–Trinajstić information content (AvgIpc) is 2.78. The van der Waals surface area contributed by atoms with E-state index in [1.54, 1.807) is 0 Å². The lowest BCUT2D eigenvalue weighted by Gasteiger charge is -2.37. The van der Waals surface area contributed by atoms with Gasteiger partial charge in [0.1, 0.15) is 11.4 Å². The monoisotopic (exact) mass is 417 g/mol. The number of fused-ring (bicyclic) bond motifs is 3. The Hall–Kier alpha value is -1.85. The summed E-state index contributed by atoms with van der Waals surface area (Å²) in [6, 6.07) is 3.35. The molecule has 3 aliphatic heterocycles. The van der Waals surface area contributed by atoms with Crippen LogP contribution in [0.4, 0.5) is 10.1 Å². The summed E-state index contributed by atoms with van der Waals surface area (Å²) in [6.45, 7) is 9.06. The highest BCUT2D eigenvalue weighted by molar-refractivity contribution is 6.31. The van der Waals surface area contributed by atoms with Gasteiger partial charge < -0.3 is 5.32 Å². The van der Waals surface area contributed by atoms with E-state index in [1.807, 2.05) is 18.0 Å². The Balaban J connectivity index is 1.96. The number of hydrogen-bond donors (Lipinski definition) is 1. The number of guanidine groups is 1. The van der Waals surface area contributed by atoms with Crippen LogP contribution < -0.4 is 10.2 Å². The van der Waals surface area contributed by atoms with E-state index in [1.165, 1.54) is 17.2 Å². The van der Waals surface area contributed by atoms with Crippen molar-refractivity contribution >= 4 is 28.9 Å². The first-order valence-corrected chi connectivity index (χ1v) is 11.1. The standard InChI is InChI=1S/C23H31ClFN4/c1-4-17-15-29-21(8-6-5-7-16(17)2)19-13-18(24)14-20(25)22(19)27(3)23(29)28-11-9-26-10-12-28/h8,13-14,26H,4-7,9-12,15H2,1-3H3/q+1. The van der Waals surface area contributed by atoms with Gasteiger partial charge in [0, 0.05) is 18.1 Å². The van der Waals surface area contributed by atoms with Crippen molar-refractivity contribution in [2.24, 2.45) is 0 Å². The van der Waals surface area contributed by atoms with E-state index >= 15 is 4.39 Å². The van der Waals surface area contributed by atoms with E-state index in [4.69, 9.17) is 11.6 Å². The fraction of sp³-hybridized carbons (Fsp3) is 0.522. The fourth-order valence-electron chi connectivity index (χ4n) is 4.78. The predicted octanol–water partition coefficient (Wildman–Crippen LogP) is 4.45. The Morgan fingerprint density at radius 2 is 2.00 bits per heavy atom. The van der Waals surface area contributed by atoms with Gasteiger partial charge in [0.15, 0.2) is 5.82 Å². The van der Waals surface area contributed by atoms with Crippen LogP contribution in [-0.2, 0) is 0 Å². The third kappa shape index (κ3) is 3.82. The molecule has 0 aromatic heterocycles. The van der Waals surface area contributed by atoms with Crippen molar-refractivity contribution in [3.05, 3.63) is 45.8 Å². The number of halogens is 2. The molecule has 1 aromatic rings. The Labute approximate surface area is 178 Å². The number of nitrogens with zero attached hydrogens (tertiary/aromatic N) is 3. The Kier molecular flexibility index (Phi) is 5.98. The van der Waals surface area contributed by atoms with Crippen LogP contribution in [0.15, 0.2) is 29.4 Å². The zero-order valence-corrected chi connectivity index (χ0v) is 18.4. The lowest BCUT2D eigenvalue weighted by Crippen LogP contribution is -2.55. The highest BCUT2D eigenvalue weighted by atomic mass is 35.5. The zero-order valence-electron chi connectivity index (χ0n) is 17.7. The summed E-state index contributed by atoms with van der Waals surface area (Å²) in [5.41, 5.74) is 5.58. The number of allylic oxidation sites excluding steroid dienone is 2. The molecule has 0 aliphatic carbocycles. The second kappa shape index (κ2) is 8.49. The SMILES string of the molecule is CCC1=C(C)CCCC=C2c3cc(Cl)cc(F)c3N(C)C(=[N+]3CCNCC3)N2C1. The summed E-state index contributed by atoms with van der Waals surface area (Å²) in [5.74, 6) is 0.817. The largest absolute Gasteiger partial charge is 0.360 e. The Morgan fingerprint density at radius 3 is 2.72 bits per heavy atom. The molecule has 0 bridgehead atoms. The second-order valence-electron chi connectivity index (χ2n) is 8.19. The number of rotatable bonds is 1. The van der Waals surface area contributed by atoms with E-state index in [9.17, 15) is 0 Å². The van der Waals surface area contributed by atoms with Crippen LogP contribution in [-0.4, -0.2) is 55.2 Å². The highest BCUT2D eigenvalue weighted by Crippen LogP contribution is 2.40. The number of piperazine rings is 1. The van der Waals surface area contributed by atoms with Crippen molar-refractivity contribution < 1.29 is 8.97 Å². The van der Waals surface area contributed by atoms with E-state index in [0.29, 0.717) is 10.7 Å². The zero-order chi connectivity index (χ0) is 20.5. The minimum absolute atomic E-state index is 0.259. The predicted molar refractivity (Wildman–Crippen MR) is 119 cm³/mol. The van der Waals surface area contributed by atoms with Gasteiger partial charge in [0.05, 0.1) is 32.2 Å². The van der Waals surface area contributed by atoms with Crippen LogP contribution in [0, 0.1) is 5.82 Å². The van der Waals surface area contributed by atoms with Crippen molar-refractivity contribution in [1.29, 1.82) is 0 Å². The van der Waals surface area contributed by atoms with Crippen LogP contribution in [0.3, 0.4) is 0 Å². The molecule has 3 heterocycles. The van der Waals surface area contributed by atoms with Crippen molar-refractivity contribution in [2.45, 2.75) is 39.5 Å². The molecule has 0 atom stereocenters. The Bertz CT molecular complexity index is 894. The van der Waals surface area contributed by atoms with Crippen molar-refractivity contribution in [3.8, 4) is 0 Å². The molecular weight excluding hydrogens is 387 g/mol. The molecule has 1 aromatic carbocycles. The molecule has 1 saturated heterocycles. The third-order valence-corrected chi connectivity index (χ3v) is 6.56. The summed E-state index contributed by atoms with van der Waals surface area (Å²) >= 11 is 6.29. The third-order valence-electron chi connectivity index (χ3n) is 6.34. The van der Waals surface area contributed by atoms with Gasteiger partial charge in [-0.2, -0.15) is 0 Å². The number of benzene rings is 1. The molecule has 4 nitrogen and oxygen atoms in total. The second-order valence-corrected chi connectivity index (χ2v) is 8.62. The topological polar surface area (TPSA) is 21.5 Å². The van der Waals surface area contributed by atoms with Crippen LogP contribution in [0.5, 0.6) is 0 Å². The maximum Gasteiger partial charge on any atom is 0.360 e. The molecule has 0 amide bonds. The minimum Gasteiger partial charge on any atom is -0.310 e. The lowest BCUT2D eigenvalue weighted by atomic mass is 10.0. The molecule has 4 rings (SSSR count). The van der Waals surface area contributed by atoms with Crippen LogP contribution in [0.2, 0.25) is 5.02 Å². The van der Waals surface area contributed by atoms with Gasteiger partial charge in [-0.25, -0.2) is 14.2 Å². The molecule has 1 N–H and O–H groups in total. The molecule has 0 saturated carbocycles. The minimum atomic E-state index is -0.259. The molecule has 0 spiro atoms. The van der Waals surface area contributed by atoms with Gasteiger partial charge in [-0.05, 0) is 56.4 Å². The van der Waals surface area contributed by atoms with E-state index in [2.05, 4.69) is 34.7 Å². The maximum atomic E-state index is 15.1. The molecular formula is C23H31ClFN4+. The lowest BCUT2D eigenvalue weighted by molar-refractivity contribution is -0.537. The summed E-state index contributed by atoms with van der Waals surface area (Å²) in [4.78, 5) is 4.43. The summed E-state index contributed by atoms with van der Waals surface area (Å²) in [5, 5.41) is 3.88. The van der Waals surface area contributed by atoms with Gasteiger partial charge in [-0.15, -0.1) is 0 Å². The maximum absolute atomic E-state index is 15.1. The summed E-state index contributed by atoms with van der Waals surface area (Å²) < 4.78 is 17.5. The quantitative estimate of drug-likeness (QED) is 0.538. The van der Waals surface area contributed by atoms with Crippen molar-refractivity contribution in [1.82, 2.24) is 10.2 Å². The van der Waals surface area contributed by atoms with Gasteiger partial charge in [-0.1, -0.05) is 24.1 Å². The van der Waals surface area contributed by atoms with Crippen LogP contribution in [0.1, 0.15) is 45.1 Å². The van der Waals surface area contributed by atoms with Gasteiger partial charge in [0.2, 0.25) is 0 Å². The van der Waals surface area contributed by atoms with Crippen molar-refractivity contribution in [2.75, 3.05) is 44.7 Å². The van der Waals surface area contributed by atoms with E-state index in [0.717, 1.165) is 75.6 Å². The van der Waals surface area contributed by atoms with E-state index in [-0.39, 0.29) is 5.82 Å². The van der Waals surface area contributed by atoms with Gasteiger partial charge in [-0.3, -0.25) is 4.58 Å². The first-order chi connectivity index (χ1) is 14.0. The normalized spacial score (nSPS) is 20.7. The Morgan fingerprint density at radius 1 is 1.24 bits per heavy atom. The molecule has 0 unspecified atom stereocenters.